The molecule has 2 N–H and O–H groups in total. The number of pyridine rings is 1. The van der Waals surface area contributed by atoms with Crippen molar-refractivity contribution < 1.29 is 4.79 Å². The Labute approximate surface area is 103 Å². The van der Waals surface area contributed by atoms with Gasteiger partial charge in [-0.15, -0.1) is 0 Å². The summed E-state index contributed by atoms with van der Waals surface area (Å²) in [5.74, 6) is 0.0877. The van der Waals surface area contributed by atoms with Crippen LogP contribution in [0.3, 0.4) is 0 Å². The fraction of sp³-hybridized carbons (Fsp3) is 0.538. The number of carbonyl (C=O) groups excluding carboxylic acids is 1. The number of nitrogens with zero attached hydrogens (tertiary/aromatic N) is 1. The molecule has 0 saturated carbocycles. The lowest BCUT2D eigenvalue weighted by Crippen LogP contribution is -2.32. The minimum absolute atomic E-state index is 0.0877. The van der Waals surface area contributed by atoms with E-state index in [0.717, 1.165) is 11.4 Å². The van der Waals surface area contributed by atoms with Crippen LogP contribution in [-0.2, 0) is 11.3 Å². The van der Waals surface area contributed by atoms with Crippen molar-refractivity contribution in [1.29, 1.82) is 0 Å². The highest BCUT2D eigenvalue weighted by molar-refractivity contribution is 5.76. The van der Waals surface area contributed by atoms with Gasteiger partial charge < -0.3 is 10.6 Å². The van der Waals surface area contributed by atoms with Crippen LogP contribution in [-0.4, -0.2) is 23.5 Å². The highest BCUT2D eigenvalue weighted by atomic mass is 16.1. The van der Waals surface area contributed by atoms with Crippen LogP contribution >= 0.6 is 0 Å². The van der Waals surface area contributed by atoms with Gasteiger partial charge in [-0.25, -0.2) is 0 Å². The van der Waals surface area contributed by atoms with Gasteiger partial charge in [0.2, 0.25) is 5.91 Å². The van der Waals surface area contributed by atoms with E-state index in [1.165, 1.54) is 0 Å². The van der Waals surface area contributed by atoms with Crippen molar-refractivity contribution >= 4 is 5.91 Å². The lowest BCUT2D eigenvalue weighted by Gasteiger charge is -2.08. The van der Waals surface area contributed by atoms with E-state index >= 15 is 0 Å². The minimum atomic E-state index is 0.0877. The Morgan fingerprint density at radius 1 is 1.41 bits per heavy atom. The number of nitrogens with one attached hydrogen (secondary N) is 2. The average molecular weight is 235 g/mol. The zero-order valence-electron chi connectivity index (χ0n) is 10.8. The molecule has 1 aromatic rings. The predicted molar refractivity (Wildman–Crippen MR) is 68.6 cm³/mol. The third-order valence-electron chi connectivity index (χ3n) is 2.23. The molecule has 0 atom stereocenters. The molecule has 0 unspecified atom stereocenters. The lowest BCUT2D eigenvalue weighted by atomic mass is 10.3. The molecule has 0 aliphatic heterocycles. The molecule has 1 aromatic heterocycles. The van der Waals surface area contributed by atoms with Crippen molar-refractivity contribution in [2.24, 2.45) is 0 Å². The molecule has 4 nitrogen and oxygen atoms in total. The molecule has 17 heavy (non-hydrogen) atoms. The summed E-state index contributed by atoms with van der Waals surface area (Å²) in [5, 5.41) is 6.07. The molecule has 0 radical (unpaired) electrons. The summed E-state index contributed by atoms with van der Waals surface area (Å²) < 4.78 is 0. The summed E-state index contributed by atoms with van der Waals surface area (Å²) in [6, 6.07) is 6.15. The van der Waals surface area contributed by atoms with Gasteiger partial charge in [-0.2, -0.15) is 0 Å². The van der Waals surface area contributed by atoms with Crippen LogP contribution in [0, 0.1) is 6.92 Å². The maximum Gasteiger partial charge on any atom is 0.221 e. The Hall–Kier alpha value is -1.42. The lowest BCUT2D eigenvalue weighted by molar-refractivity contribution is -0.121. The number of amides is 1. The molecule has 1 heterocycles. The summed E-state index contributed by atoms with van der Waals surface area (Å²) in [7, 11) is 0. The fourth-order valence-electron chi connectivity index (χ4n) is 1.51. The van der Waals surface area contributed by atoms with E-state index in [9.17, 15) is 4.79 Å². The topological polar surface area (TPSA) is 54.0 Å². The van der Waals surface area contributed by atoms with Crippen LogP contribution in [0.5, 0.6) is 0 Å². The highest BCUT2D eigenvalue weighted by Gasteiger charge is 2.02. The van der Waals surface area contributed by atoms with Crippen molar-refractivity contribution in [3.05, 3.63) is 29.6 Å². The molecule has 0 aliphatic rings. The number of hydrogen-bond donors (Lipinski definition) is 2. The van der Waals surface area contributed by atoms with E-state index in [0.29, 0.717) is 19.5 Å². The first kappa shape index (κ1) is 13.6. The van der Waals surface area contributed by atoms with Crippen LogP contribution in [0.4, 0.5) is 0 Å². The van der Waals surface area contributed by atoms with Gasteiger partial charge in [-0.3, -0.25) is 9.78 Å². The van der Waals surface area contributed by atoms with Gasteiger partial charge in [-0.05, 0) is 32.9 Å². The standard InChI is InChI=1S/C13H21N3O/c1-10(2)15-13(17)7-8-14-9-12-6-4-5-11(3)16-12/h4-6,10,14H,7-9H2,1-3H3,(H,15,17). The average Bonchev–Trinajstić information content (AvgIpc) is 2.23. The Balaban J connectivity index is 2.18. The monoisotopic (exact) mass is 235 g/mol. The fourth-order valence-corrected chi connectivity index (χ4v) is 1.51. The van der Waals surface area contributed by atoms with E-state index in [4.69, 9.17) is 0 Å². The van der Waals surface area contributed by atoms with Gasteiger partial charge in [0.25, 0.3) is 0 Å². The highest BCUT2D eigenvalue weighted by Crippen LogP contribution is 1.97. The van der Waals surface area contributed by atoms with Gasteiger partial charge in [0.1, 0.15) is 0 Å². The molecule has 0 fully saturated rings. The second-order valence-corrected chi connectivity index (χ2v) is 4.42. The molecular weight excluding hydrogens is 214 g/mol. The maximum absolute atomic E-state index is 11.4. The van der Waals surface area contributed by atoms with Gasteiger partial charge in [-0.1, -0.05) is 6.07 Å². The Morgan fingerprint density at radius 2 is 2.18 bits per heavy atom. The SMILES string of the molecule is Cc1cccc(CNCCC(=O)NC(C)C)n1. The molecule has 94 valence electrons. The normalized spacial score (nSPS) is 10.6. The summed E-state index contributed by atoms with van der Waals surface area (Å²) in [6.45, 7) is 7.27. The molecule has 4 heteroatoms. The quantitative estimate of drug-likeness (QED) is 0.733. The van der Waals surface area contributed by atoms with Crippen LogP contribution in [0.2, 0.25) is 0 Å². The summed E-state index contributed by atoms with van der Waals surface area (Å²) >= 11 is 0. The first-order chi connectivity index (χ1) is 8.08. The molecule has 1 rings (SSSR count). The summed E-state index contributed by atoms with van der Waals surface area (Å²) in [4.78, 5) is 15.7. The molecule has 0 aliphatic carbocycles. The van der Waals surface area contributed by atoms with Crippen molar-refractivity contribution in [2.45, 2.75) is 39.8 Å². The van der Waals surface area contributed by atoms with Gasteiger partial charge in [0.05, 0.1) is 5.69 Å². The number of carbonyl (C=O) groups is 1. The van der Waals surface area contributed by atoms with E-state index in [1.54, 1.807) is 0 Å². The number of rotatable bonds is 6. The summed E-state index contributed by atoms with van der Waals surface area (Å²) in [5.41, 5.74) is 2.02. The van der Waals surface area contributed by atoms with E-state index in [-0.39, 0.29) is 11.9 Å². The first-order valence-electron chi connectivity index (χ1n) is 6.00. The van der Waals surface area contributed by atoms with Crippen LogP contribution < -0.4 is 10.6 Å². The van der Waals surface area contributed by atoms with Crippen molar-refractivity contribution in [1.82, 2.24) is 15.6 Å². The second kappa shape index (κ2) is 7.01. The van der Waals surface area contributed by atoms with Gasteiger partial charge >= 0.3 is 0 Å². The van der Waals surface area contributed by atoms with Gasteiger partial charge in [0.15, 0.2) is 0 Å². The van der Waals surface area contributed by atoms with Crippen LogP contribution in [0.25, 0.3) is 0 Å². The number of aryl methyl sites for hydroxylation is 1. The smallest absolute Gasteiger partial charge is 0.221 e. The molecule has 0 spiro atoms. The second-order valence-electron chi connectivity index (χ2n) is 4.42. The number of hydrogen-bond acceptors (Lipinski definition) is 3. The van der Waals surface area contributed by atoms with Crippen molar-refractivity contribution in [3.63, 3.8) is 0 Å². The number of aromatic nitrogens is 1. The minimum Gasteiger partial charge on any atom is -0.354 e. The van der Waals surface area contributed by atoms with Crippen molar-refractivity contribution in [3.8, 4) is 0 Å². The molecule has 0 bridgehead atoms. The zero-order valence-corrected chi connectivity index (χ0v) is 10.8. The largest absolute Gasteiger partial charge is 0.354 e. The molecular formula is C13H21N3O. The first-order valence-corrected chi connectivity index (χ1v) is 6.00. The third-order valence-corrected chi connectivity index (χ3v) is 2.23. The van der Waals surface area contributed by atoms with Crippen molar-refractivity contribution in [2.75, 3.05) is 6.54 Å². The molecule has 0 saturated heterocycles. The van der Waals surface area contributed by atoms with Gasteiger partial charge in [0, 0.05) is 31.2 Å². The Morgan fingerprint density at radius 3 is 2.82 bits per heavy atom. The van der Waals surface area contributed by atoms with E-state index in [2.05, 4.69) is 15.6 Å². The zero-order chi connectivity index (χ0) is 12.7. The maximum atomic E-state index is 11.4. The van der Waals surface area contributed by atoms with Crippen LogP contribution in [0.15, 0.2) is 18.2 Å². The van der Waals surface area contributed by atoms with Crippen LogP contribution in [0.1, 0.15) is 31.7 Å². The predicted octanol–water partition coefficient (Wildman–Crippen LogP) is 1.39. The Kier molecular flexibility index (Phi) is 5.63. The summed E-state index contributed by atoms with van der Waals surface area (Å²) in [6.07, 6.45) is 0.504. The molecule has 1 amide bonds. The third kappa shape index (κ3) is 6.02. The Bertz CT molecular complexity index is 363. The van der Waals surface area contributed by atoms with E-state index in [1.807, 2.05) is 39.0 Å². The molecule has 0 aromatic carbocycles. The van der Waals surface area contributed by atoms with E-state index < -0.39 is 0 Å².